The molecule has 3 rings (SSSR count). The van der Waals surface area contributed by atoms with Crippen molar-refractivity contribution in [1.29, 1.82) is 0 Å². The predicted molar refractivity (Wildman–Crippen MR) is 127 cm³/mol. The van der Waals surface area contributed by atoms with Crippen molar-refractivity contribution in [2.75, 3.05) is 13.7 Å². The van der Waals surface area contributed by atoms with Crippen LogP contribution in [0, 0.1) is 0 Å². The Morgan fingerprint density at radius 2 is 1.94 bits per heavy atom. The molecule has 10 heteroatoms. The van der Waals surface area contributed by atoms with Gasteiger partial charge in [0.25, 0.3) is 0 Å². The fourth-order valence-corrected chi connectivity index (χ4v) is 3.45. The van der Waals surface area contributed by atoms with Crippen LogP contribution in [0.1, 0.15) is 47.2 Å². The maximum Gasteiger partial charge on any atom is 0.341 e. The number of rotatable bonds is 9. The zero-order valence-corrected chi connectivity index (χ0v) is 20.3. The lowest BCUT2D eigenvalue weighted by atomic mass is 10.1. The van der Waals surface area contributed by atoms with E-state index in [0.717, 1.165) is 11.1 Å². The number of aromatic nitrogens is 3. The van der Waals surface area contributed by atoms with Gasteiger partial charge in [0.15, 0.2) is 11.5 Å². The van der Waals surface area contributed by atoms with Crippen LogP contribution in [0.2, 0.25) is 0 Å². The van der Waals surface area contributed by atoms with Gasteiger partial charge in [-0.1, -0.05) is 52.9 Å². The Morgan fingerprint density at radius 1 is 1.22 bits per heavy atom. The molecular weight excluding hydrogens is 525 g/mol. The number of carbonyl (C=O) groups is 2. The number of ether oxygens (including phenoxy) is 2. The summed E-state index contributed by atoms with van der Waals surface area (Å²) in [4.78, 5) is 25.0. The minimum Gasteiger partial charge on any atom is -0.465 e. The second-order valence-electron chi connectivity index (χ2n) is 7.89. The second kappa shape index (κ2) is 10.4. The van der Waals surface area contributed by atoms with Crippen LogP contribution in [0.25, 0.3) is 5.65 Å². The standard InChI is InChI=1S/C22H26IN5O4/c1-22(2,24)21(30)25-17(13-32-12-14-7-5-4-6-8-14)19-27-26-18-16(20(29)31-3)9-15(10-23)11-28(18)19/h4-9,11,17H,10,12-13,24H2,1-3H3,(H,25,30)/t17-/m1/s1. The molecular formula is C22H26IN5O4. The van der Waals surface area contributed by atoms with Crippen molar-refractivity contribution in [3.63, 3.8) is 0 Å². The summed E-state index contributed by atoms with van der Waals surface area (Å²) >= 11 is 2.21. The van der Waals surface area contributed by atoms with Crippen LogP contribution in [-0.2, 0) is 25.3 Å². The van der Waals surface area contributed by atoms with E-state index in [1.54, 1.807) is 24.3 Å². The van der Waals surface area contributed by atoms with Crippen LogP contribution < -0.4 is 11.1 Å². The molecule has 0 saturated carbocycles. The number of methoxy groups -OCH3 is 1. The number of amides is 1. The molecule has 1 atom stereocenters. The molecule has 0 aliphatic carbocycles. The second-order valence-corrected chi connectivity index (χ2v) is 8.65. The molecule has 0 spiro atoms. The highest BCUT2D eigenvalue weighted by molar-refractivity contribution is 14.1. The van der Waals surface area contributed by atoms with E-state index in [1.165, 1.54) is 7.11 Å². The summed E-state index contributed by atoms with van der Waals surface area (Å²) in [5.41, 5.74) is 7.42. The zero-order valence-electron chi connectivity index (χ0n) is 18.2. The van der Waals surface area contributed by atoms with Gasteiger partial charge in [0.05, 0.1) is 25.9 Å². The number of pyridine rings is 1. The molecule has 170 valence electrons. The lowest BCUT2D eigenvalue weighted by molar-refractivity contribution is -0.126. The summed E-state index contributed by atoms with van der Waals surface area (Å²) in [7, 11) is 1.32. The number of carbonyl (C=O) groups excluding carboxylic acids is 2. The highest BCUT2D eigenvalue weighted by Crippen LogP contribution is 2.21. The number of hydrogen-bond acceptors (Lipinski definition) is 7. The molecule has 3 N–H and O–H groups in total. The minimum atomic E-state index is -1.09. The number of alkyl halides is 1. The number of benzene rings is 1. The Hall–Kier alpha value is -2.57. The SMILES string of the molecule is COC(=O)c1cc(CI)cn2c([C@@H](COCc3ccccc3)NC(=O)C(C)(C)N)nnc12. The van der Waals surface area contributed by atoms with Gasteiger partial charge in [0, 0.05) is 10.6 Å². The van der Waals surface area contributed by atoms with Crippen LogP contribution >= 0.6 is 22.6 Å². The Bertz CT molecular complexity index is 1090. The van der Waals surface area contributed by atoms with Gasteiger partial charge >= 0.3 is 5.97 Å². The lowest BCUT2D eigenvalue weighted by Crippen LogP contribution is -2.50. The Morgan fingerprint density at radius 3 is 2.56 bits per heavy atom. The smallest absolute Gasteiger partial charge is 0.341 e. The summed E-state index contributed by atoms with van der Waals surface area (Å²) in [6.07, 6.45) is 1.84. The van der Waals surface area contributed by atoms with E-state index in [0.29, 0.717) is 28.1 Å². The first-order chi connectivity index (χ1) is 15.2. The predicted octanol–water partition coefficient (Wildman–Crippen LogP) is 2.56. The van der Waals surface area contributed by atoms with Crippen molar-refractivity contribution in [1.82, 2.24) is 19.9 Å². The number of fused-ring (bicyclic) bond motifs is 1. The third-order valence-electron chi connectivity index (χ3n) is 4.75. The number of hydrogen-bond donors (Lipinski definition) is 2. The number of halogens is 1. The van der Waals surface area contributed by atoms with Gasteiger partial charge in [-0.25, -0.2) is 4.79 Å². The topological polar surface area (TPSA) is 121 Å². The summed E-state index contributed by atoms with van der Waals surface area (Å²) in [5.74, 6) is -0.437. The van der Waals surface area contributed by atoms with Gasteiger partial charge in [0.2, 0.25) is 5.91 Å². The summed E-state index contributed by atoms with van der Waals surface area (Å²) in [6, 6.07) is 10.8. The van der Waals surface area contributed by atoms with E-state index in [-0.39, 0.29) is 12.5 Å². The third-order valence-corrected chi connectivity index (χ3v) is 5.63. The van der Waals surface area contributed by atoms with E-state index in [2.05, 4.69) is 38.1 Å². The number of nitrogens with two attached hydrogens (primary N) is 1. The molecule has 0 saturated heterocycles. The summed E-state index contributed by atoms with van der Waals surface area (Å²) in [5, 5.41) is 11.4. The van der Waals surface area contributed by atoms with Gasteiger partial charge in [-0.05, 0) is 31.0 Å². The highest BCUT2D eigenvalue weighted by Gasteiger charge is 2.29. The first-order valence-corrected chi connectivity index (χ1v) is 11.5. The third kappa shape index (κ3) is 5.61. The molecule has 0 fully saturated rings. The fraction of sp³-hybridized carbons (Fsp3) is 0.364. The van der Waals surface area contributed by atoms with Gasteiger partial charge in [-0.3, -0.25) is 9.20 Å². The number of nitrogens with zero attached hydrogens (tertiary/aromatic N) is 3. The molecule has 9 nitrogen and oxygen atoms in total. The monoisotopic (exact) mass is 551 g/mol. The number of nitrogens with one attached hydrogen (secondary N) is 1. The first kappa shape index (κ1) is 24.1. The van der Waals surface area contributed by atoms with Crippen LogP contribution in [0.3, 0.4) is 0 Å². The average molecular weight is 551 g/mol. The normalized spacial score (nSPS) is 12.5. The summed E-state index contributed by atoms with van der Waals surface area (Å²) in [6.45, 7) is 3.74. The minimum absolute atomic E-state index is 0.138. The van der Waals surface area contributed by atoms with Crippen LogP contribution in [0.4, 0.5) is 0 Å². The first-order valence-electron chi connectivity index (χ1n) is 9.98. The molecule has 3 aromatic rings. The highest BCUT2D eigenvalue weighted by atomic mass is 127. The molecule has 1 amide bonds. The lowest BCUT2D eigenvalue weighted by Gasteiger charge is -2.23. The quantitative estimate of drug-likeness (QED) is 0.238. The summed E-state index contributed by atoms with van der Waals surface area (Å²) < 4.78 is 13.2. The largest absolute Gasteiger partial charge is 0.465 e. The zero-order chi connectivity index (χ0) is 23.3. The molecule has 2 heterocycles. The Balaban J connectivity index is 1.97. The Labute approximate surface area is 199 Å². The van der Waals surface area contributed by atoms with Crippen molar-refractivity contribution in [2.45, 2.75) is 36.5 Å². The van der Waals surface area contributed by atoms with E-state index in [4.69, 9.17) is 15.2 Å². The molecule has 0 aliphatic heterocycles. The van der Waals surface area contributed by atoms with Crippen molar-refractivity contribution >= 4 is 40.1 Å². The van der Waals surface area contributed by atoms with E-state index in [1.807, 2.05) is 36.5 Å². The molecule has 32 heavy (non-hydrogen) atoms. The van der Waals surface area contributed by atoms with E-state index < -0.39 is 17.6 Å². The maximum absolute atomic E-state index is 12.7. The Kier molecular flexibility index (Phi) is 7.80. The van der Waals surface area contributed by atoms with Gasteiger partial charge in [0.1, 0.15) is 11.6 Å². The average Bonchev–Trinajstić information content (AvgIpc) is 3.21. The molecule has 0 aliphatic rings. The molecule has 0 radical (unpaired) electrons. The maximum atomic E-state index is 12.7. The van der Waals surface area contributed by atoms with E-state index in [9.17, 15) is 9.59 Å². The molecule has 0 bridgehead atoms. The van der Waals surface area contributed by atoms with Gasteiger partial charge < -0.3 is 20.5 Å². The van der Waals surface area contributed by atoms with E-state index >= 15 is 0 Å². The molecule has 1 aromatic carbocycles. The number of esters is 1. The van der Waals surface area contributed by atoms with Crippen molar-refractivity contribution < 1.29 is 19.1 Å². The fourth-order valence-electron chi connectivity index (χ4n) is 3.03. The molecule has 2 aromatic heterocycles. The van der Waals surface area contributed by atoms with Crippen molar-refractivity contribution in [3.8, 4) is 0 Å². The molecule has 0 unspecified atom stereocenters. The van der Waals surface area contributed by atoms with Gasteiger partial charge in [-0.2, -0.15) is 0 Å². The van der Waals surface area contributed by atoms with Crippen molar-refractivity contribution in [3.05, 3.63) is 65.1 Å². The van der Waals surface area contributed by atoms with Gasteiger partial charge in [-0.15, -0.1) is 10.2 Å². The van der Waals surface area contributed by atoms with Crippen LogP contribution in [-0.4, -0.2) is 45.7 Å². The van der Waals surface area contributed by atoms with Crippen LogP contribution in [0.15, 0.2) is 42.6 Å². The van der Waals surface area contributed by atoms with Crippen LogP contribution in [0.5, 0.6) is 0 Å². The van der Waals surface area contributed by atoms with Crippen molar-refractivity contribution in [2.24, 2.45) is 5.73 Å².